The summed E-state index contributed by atoms with van der Waals surface area (Å²) in [6, 6.07) is 12.8. The number of anilines is 1. The van der Waals surface area contributed by atoms with Crippen LogP contribution in [0.2, 0.25) is 0 Å². The lowest BCUT2D eigenvalue weighted by Crippen LogP contribution is -2.36. The fourth-order valence-corrected chi connectivity index (χ4v) is 3.03. The number of para-hydroxylation sites is 1. The number of nitrogens with two attached hydrogens (primary N) is 2. The van der Waals surface area contributed by atoms with Crippen LogP contribution >= 0.6 is 0 Å². The summed E-state index contributed by atoms with van der Waals surface area (Å²) in [5.41, 5.74) is 14.3. The van der Waals surface area contributed by atoms with Crippen molar-refractivity contribution in [2.75, 3.05) is 18.8 Å². The molecular formula is C19H21FN4O. The summed E-state index contributed by atoms with van der Waals surface area (Å²) in [7, 11) is 0. The quantitative estimate of drug-likeness (QED) is 0.590. The molecule has 0 saturated carbocycles. The molecule has 25 heavy (non-hydrogen) atoms. The van der Waals surface area contributed by atoms with Gasteiger partial charge >= 0.3 is 0 Å². The number of nitrogens with one attached hydrogen (secondary N) is 1. The van der Waals surface area contributed by atoms with E-state index in [2.05, 4.69) is 10.3 Å². The molecule has 0 bridgehead atoms. The predicted octanol–water partition coefficient (Wildman–Crippen LogP) is 2.53. The van der Waals surface area contributed by atoms with Crippen LogP contribution < -0.4 is 16.8 Å². The van der Waals surface area contributed by atoms with Gasteiger partial charge in [-0.1, -0.05) is 24.3 Å². The van der Waals surface area contributed by atoms with Gasteiger partial charge in [-0.3, -0.25) is 9.79 Å². The van der Waals surface area contributed by atoms with Gasteiger partial charge in [-0.2, -0.15) is 0 Å². The third-order valence-corrected chi connectivity index (χ3v) is 4.42. The number of carbonyl (C=O) groups is 1. The number of alkyl halides is 1. The van der Waals surface area contributed by atoms with Crippen LogP contribution in [0.1, 0.15) is 33.8 Å². The molecule has 2 aromatic rings. The number of nitrogen functional groups attached to an aromatic ring is 1. The van der Waals surface area contributed by atoms with Crippen molar-refractivity contribution >= 4 is 23.5 Å². The summed E-state index contributed by atoms with van der Waals surface area (Å²) in [6.45, 7) is 1.23. The van der Waals surface area contributed by atoms with E-state index in [0.29, 0.717) is 24.2 Å². The molecule has 1 aliphatic rings. The van der Waals surface area contributed by atoms with E-state index in [4.69, 9.17) is 11.5 Å². The Balaban J connectivity index is 1.74. The van der Waals surface area contributed by atoms with Gasteiger partial charge in [0.05, 0.1) is 16.9 Å². The molecule has 0 aliphatic carbocycles. The van der Waals surface area contributed by atoms with E-state index in [0.717, 1.165) is 17.8 Å². The SMILES string of the molecule is NC(=O)c1cccc(C=Nc2ccc([C@@H]3CNC[C@@H](F)C3)cc2)c1N. The van der Waals surface area contributed by atoms with E-state index in [-0.39, 0.29) is 11.5 Å². The minimum Gasteiger partial charge on any atom is -0.398 e. The number of amides is 1. The van der Waals surface area contributed by atoms with Crippen molar-refractivity contribution in [3.8, 4) is 0 Å². The fraction of sp³-hybridized carbons (Fsp3) is 0.263. The minimum absolute atomic E-state index is 0.185. The third kappa shape index (κ3) is 4.03. The van der Waals surface area contributed by atoms with Gasteiger partial charge in [-0.15, -0.1) is 0 Å². The molecule has 1 heterocycles. The molecule has 6 heteroatoms. The second-order valence-electron chi connectivity index (χ2n) is 6.21. The highest BCUT2D eigenvalue weighted by Gasteiger charge is 2.22. The highest BCUT2D eigenvalue weighted by molar-refractivity contribution is 6.02. The maximum absolute atomic E-state index is 13.5. The van der Waals surface area contributed by atoms with E-state index in [1.165, 1.54) is 0 Å². The number of halogens is 1. The molecule has 1 aliphatic heterocycles. The number of carbonyl (C=O) groups excluding carboxylic acids is 1. The second-order valence-corrected chi connectivity index (χ2v) is 6.21. The lowest BCUT2D eigenvalue weighted by molar-refractivity contribution is 0.100. The van der Waals surface area contributed by atoms with Gasteiger partial charge in [0.2, 0.25) is 0 Å². The fourth-order valence-electron chi connectivity index (χ4n) is 3.03. The van der Waals surface area contributed by atoms with Crippen LogP contribution in [0.5, 0.6) is 0 Å². The number of benzene rings is 2. The Morgan fingerprint density at radius 3 is 2.64 bits per heavy atom. The lowest BCUT2D eigenvalue weighted by atomic mass is 9.91. The Kier molecular flexibility index (Phi) is 5.09. The first-order valence-corrected chi connectivity index (χ1v) is 8.21. The molecule has 0 aromatic heterocycles. The highest BCUT2D eigenvalue weighted by atomic mass is 19.1. The largest absolute Gasteiger partial charge is 0.398 e. The molecule has 3 rings (SSSR count). The first-order chi connectivity index (χ1) is 12.0. The monoisotopic (exact) mass is 340 g/mol. The molecule has 2 atom stereocenters. The van der Waals surface area contributed by atoms with Crippen LogP contribution in [-0.2, 0) is 0 Å². The van der Waals surface area contributed by atoms with Crippen molar-refractivity contribution in [1.29, 1.82) is 0 Å². The summed E-state index contributed by atoms with van der Waals surface area (Å²) >= 11 is 0. The van der Waals surface area contributed by atoms with E-state index in [9.17, 15) is 9.18 Å². The maximum atomic E-state index is 13.5. The average Bonchev–Trinajstić information content (AvgIpc) is 2.61. The molecule has 1 amide bonds. The number of hydrogen-bond acceptors (Lipinski definition) is 4. The molecule has 1 fully saturated rings. The van der Waals surface area contributed by atoms with Gasteiger partial charge in [0, 0.05) is 24.9 Å². The zero-order chi connectivity index (χ0) is 17.8. The molecule has 130 valence electrons. The molecule has 0 unspecified atom stereocenters. The molecular weight excluding hydrogens is 319 g/mol. The van der Waals surface area contributed by atoms with E-state index in [1.54, 1.807) is 24.4 Å². The van der Waals surface area contributed by atoms with Crippen molar-refractivity contribution in [2.24, 2.45) is 10.7 Å². The summed E-state index contributed by atoms with van der Waals surface area (Å²) in [6.07, 6.45) is 1.36. The Bertz CT molecular complexity index is 789. The summed E-state index contributed by atoms with van der Waals surface area (Å²) < 4.78 is 13.5. The first-order valence-electron chi connectivity index (χ1n) is 8.21. The number of rotatable bonds is 4. The van der Waals surface area contributed by atoms with Crippen LogP contribution in [-0.4, -0.2) is 31.4 Å². The standard InChI is InChI=1S/C19H21FN4O/c20-15-8-14(9-23-11-15)12-4-6-16(7-5-12)24-10-13-2-1-3-17(18(13)21)19(22)25/h1-7,10,14-15,23H,8-9,11,21H2,(H2,22,25)/t14-,15-/m0/s1. The van der Waals surface area contributed by atoms with Gasteiger partial charge in [-0.25, -0.2) is 4.39 Å². The van der Waals surface area contributed by atoms with Crippen LogP contribution in [0.3, 0.4) is 0 Å². The zero-order valence-electron chi connectivity index (χ0n) is 13.8. The van der Waals surface area contributed by atoms with Gasteiger partial charge in [0.25, 0.3) is 5.91 Å². The van der Waals surface area contributed by atoms with Crippen molar-refractivity contribution in [3.05, 3.63) is 59.2 Å². The number of primary amides is 1. The highest BCUT2D eigenvalue weighted by Crippen LogP contribution is 2.26. The molecule has 5 nitrogen and oxygen atoms in total. The number of aliphatic imine (C=N–C) groups is 1. The topological polar surface area (TPSA) is 93.5 Å². The number of nitrogens with zero attached hydrogens (tertiary/aromatic N) is 1. The molecule has 0 radical (unpaired) electrons. The Labute approximate surface area is 145 Å². The predicted molar refractivity (Wildman–Crippen MR) is 98.2 cm³/mol. The van der Waals surface area contributed by atoms with Crippen molar-refractivity contribution in [3.63, 3.8) is 0 Å². The molecule has 2 aromatic carbocycles. The smallest absolute Gasteiger partial charge is 0.250 e. The number of piperidine rings is 1. The van der Waals surface area contributed by atoms with E-state index < -0.39 is 12.1 Å². The minimum atomic E-state index is -0.794. The van der Waals surface area contributed by atoms with E-state index in [1.807, 2.05) is 24.3 Å². The normalized spacial score (nSPS) is 20.7. The summed E-state index contributed by atoms with van der Waals surface area (Å²) in [5, 5.41) is 3.11. The lowest BCUT2D eigenvalue weighted by Gasteiger charge is -2.25. The summed E-state index contributed by atoms with van der Waals surface area (Å²) in [5.74, 6) is -0.381. The van der Waals surface area contributed by atoms with Gasteiger partial charge in [0.15, 0.2) is 0 Å². The maximum Gasteiger partial charge on any atom is 0.250 e. The van der Waals surface area contributed by atoms with Crippen LogP contribution in [0.25, 0.3) is 0 Å². The van der Waals surface area contributed by atoms with Crippen LogP contribution in [0.4, 0.5) is 15.8 Å². The van der Waals surface area contributed by atoms with Crippen molar-refractivity contribution < 1.29 is 9.18 Å². The second kappa shape index (κ2) is 7.44. The zero-order valence-corrected chi connectivity index (χ0v) is 13.8. The Morgan fingerprint density at radius 2 is 1.96 bits per heavy atom. The summed E-state index contributed by atoms with van der Waals surface area (Å²) in [4.78, 5) is 15.7. The Morgan fingerprint density at radius 1 is 1.20 bits per heavy atom. The van der Waals surface area contributed by atoms with Crippen molar-refractivity contribution in [1.82, 2.24) is 5.32 Å². The van der Waals surface area contributed by atoms with Gasteiger partial charge in [-0.05, 0) is 36.1 Å². The van der Waals surface area contributed by atoms with Crippen molar-refractivity contribution in [2.45, 2.75) is 18.5 Å². The molecule has 0 spiro atoms. The molecule has 1 saturated heterocycles. The number of hydrogen-bond donors (Lipinski definition) is 3. The first kappa shape index (κ1) is 17.1. The van der Waals surface area contributed by atoms with E-state index >= 15 is 0 Å². The Hall–Kier alpha value is -2.73. The van der Waals surface area contributed by atoms with Gasteiger partial charge < -0.3 is 16.8 Å². The van der Waals surface area contributed by atoms with Crippen LogP contribution in [0.15, 0.2) is 47.5 Å². The van der Waals surface area contributed by atoms with Gasteiger partial charge in [0.1, 0.15) is 6.17 Å². The third-order valence-electron chi connectivity index (χ3n) is 4.42. The molecule has 5 N–H and O–H groups in total. The average molecular weight is 340 g/mol. The van der Waals surface area contributed by atoms with Crippen LogP contribution in [0, 0.1) is 0 Å².